The standard InChI is InChI=1S/C15H14ClF4NO2/c16-11-4-10(17)2-1-9(11)3-8-5-14(6-8)7-21-12(14)23-13(22)15(18,19)20/h1-2,4,8,12,21H,3,5-7H2. The van der Waals surface area contributed by atoms with Crippen LogP contribution in [0.5, 0.6) is 0 Å². The van der Waals surface area contributed by atoms with E-state index in [-0.39, 0.29) is 5.92 Å². The molecule has 2 fully saturated rings. The molecular formula is C15H14ClF4NO2. The van der Waals surface area contributed by atoms with Gasteiger partial charge in [0, 0.05) is 17.0 Å². The third-order valence-electron chi connectivity index (χ3n) is 4.57. The summed E-state index contributed by atoms with van der Waals surface area (Å²) >= 11 is 5.97. The molecule has 23 heavy (non-hydrogen) atoms. The lowest BCUT2D eigenvalue weighted by Crippen LogP contribution is -2.69. The van der Waals surface area contributed by atoms with Crippen LogP contribution in [0.4, 0.5) is 17.6 Å². The Morgan fingerprint density at radius 2 is 2.09 bits per heavy atom. The fourth-order valence-corrected chi connectivity index (χ4v) is 3.65. The predicted octanol–water partition coefficient (Wildman–Crippen LogP) is 3.45. The number of halogens is 5. The van der Waals surface area contributed by atoms with Gasteiger partial charge in [0.1, 0.15) is 5.82 Å². The second-order valence-electron chi connectivity index (χ2n) is 6.24. The molecule has 1 saturated heterocycles. The van der Waals surface area contributed by atoms with Crippen LogP contribution in [-0.2, 0) is 16.0 Å². The van der Waals surface area contributed by atoms with E-state index in [4.69, 9.17) is 11.6 Å². The van der Waals surface area contributed by atoms with Crippen molar-refractivity contribution in [2.24, 2.45) is 11.3 Å². The number of nitrogens with one attached hydrogen (secondary N) is 1. The molecule has 8 heteroatoms. The average molecular weight is 352 g/mol. The molecule has 0 radical (unpaired) electrons. The van der Waals surface area contributed by atoms with E-state index in [1.807, 2.05) is 0 Å². The van der Waals surface area contributed by atoms with Crippen LogP contribution in [0.25, 0.3) is 0 Å². The summed E-state index contributed by atoms with van der Waals surface area (Å²) in [5, 5.41) is 3.07. The lowest BCUT2D eigenvalue weighted by atomic mass is 9.56. The van der Waals surface area contributed by atoms with E-state index in [0.717, 1.165) is 5.56 Å². The molecule has 3 nitrogen and oxygen atoms in total. The molecule has 1 saturated carbocycles. The summed E-state index contributed by atoms with van der Waals surface area (Å²) in [4.78, 5) is 10.9. The van der Waals surface area contributed by atoms with Crippen molar-refractivity contribution >= 4 is 17.6 Å². The van der Waals surface area contributed by atoms with Crippen molar-refractivity contribution in [1.82, 2.24) is 5.32 Å². The Morgan fingerprint density at radius 1 is 1.39 bits per heavy atom. The van der Waals surface area contributed by atoms with E-state index in [1.165, 1.54) is 12.1 Å². The largest absolute Gasteiger partial charge is 0.490 e. The molecule has 1 aliphatic heterocycles. The molecule has 1 unspecified atom stereocenters. The Hall–Kier alpha value is -1.34. The van der Waals surface area contributed by atoms with Crippen LogP contribution in [0.15, 0.2) is 18.2 Å². The highest BCUT2D eigenvalue weighted by Crippen LogP contribution is 2.53. The Balaban J connectivity index is 1.55. The maximum atomic E-state index is 13.0. The number of alkyl halides is 3. The summed E-state index contributed by atoms with van der Waals surface area (Å²) < 4.78 is 54.2. The molecule has 1 atom stereocenters. The minimum atomic E-state index is -4.98. The fourth-order valence-electron chi connectivity index (χ4n) is 3.41. The van der Waals surface area contributed by atoms with Crippen molar-refractivity contribution in [2.45, 2.75) is 31.7 Å². The second kappa shape index (κ2) is 5.63. The lowest BCUT2D eigenvalue weighted by Gasteiger charge is -2.58. The van der Waals surface area contributed by atoms with E-state index >= 15 is 0 Å². The van der Waals surface area contributed by atoms with Crippen molar-refractivity contribution in [2.75, 3.05) is 6.54 Å². The number of esters is 1. The van der Waals surface area contributed by atoms with Gasteiger partial charge < -0.3 is 4.74 Å². The zero-order valence-electron chi connectivity index (χ0n) is 11.9. The van der Waals surface area contributed by atoms with Crippen molar-refractivity contribution < 1.29 is 27.1 Å². The van der Waals surface area contributed by atoms with Gasteiger partial charge in [0.2, 0.25) is 0 Å². The first-order valence-corrected chi connectivity index (χ1v) is 7.52. The molecule has 1 aromatic rings. The third-order valence-corrected chi connectivity index (χ3v) is 4.92. The summed E-state index contributed by atoms with van der Waals surface area (Å²) in [6, 6.07) is 4.18. The molecule has 1 aromatic carbocycles. The Kier molecular flexibility index (Phi) is 4.04. The molecular weight excluding hydrogens is 338 g/mol. The normalized spacial score (nSPS) is 29.8. The first-order valence-electron chi connectivity index (χ1n) is 7.15. The number of hydrogen-bond acceptors (Lipinski definition) is 3. The maximum Gasteiger partial charge on any atom is 0.490 e. The topological polar surface area (TPSA) is 38.3 Å². The summed E-state index contributed by atoms with van der Waals surface area (Å²) in [6.45, 7) is 0.524. The van der Waals surface area contributed by atoms with E-state index in [1.54, 1.807) is 6.07 Å². The molecule has 0 aromatic heterocycles. The van der Waals surface area contributed by atoms with E-state index in [0.29, 0.717) is 30.8 Å². The molecule has 1 aliphatic carbocycles. The first kappa shape index (κ1) is 16.5. The lowest BCUT2D eigenvalue weighted by molar-refractivity contribution is -0.233. The first-order chi connectivity index (χ1) is 10.7. The van der Waals surface area contributed by atoms with E-state index in [9.17, 15) is 22.4 Å². The highest BCUT2D eigenvalue weighted by molar-refractivity contribution is 6.31. The number of carbonyl (C=O) groups excluding carboxylic acids is 1. The number of rotatable bonds is 3. The average Bonchev–Trinajstić information content (AvgIpc) is 2.38. The quantitative estimate of drug-likeness (QED) is 0.669. The maximum absolute atomic E-state index is 13.0. The van der Waals surface area contributed by atoms with Crippen LogP contribution < -0.4 is 5.32 Å². The molecule has 1 heterocycles. The van der Waals surface area contributed by atoms with Crippen molar-refractivity contribution in [3.05, 3.63) is 34.6 Å². The van der Waals surface area contributed by atoms with Crippen LogP contribution in [0.3, 0.4) is 0 Å². The predicted molar refractivity (Wildman–Crippen MR) is 74.2 cm³/mol. The van der Waals surface area contributed by atoms with Crippen molar-refractivity contribution in [3.63, 3.8) is 0 Å². The molecule has 126 valence electrons. The highest BCUT2D eigenvalue weighted by Gasteiger charge is 2.58. The van der Waals surface area contributed by atoms with Crippen LogP contribution in [-0.4, -0.2) is 24.9 Å². The SMILES string of the molecule is O=C(OC1NCC12CC(Cc1ccc(F)cc1Cl)C2)C(F)(F)F. The zero-order valence-corrected chi connectivity index (χ0v) is 12.7. The molecule has 2 aliphatic rings. The van der Waals surface area contributed by atoms with Gasteiger partial charge >= 0.3 is 12.1 Å². The van der Waals surface area contributed by atoms with E-state index in [2.05, 4.69) is 10.1 Å². The van der Waals surface area contributed by atoms with E-state index < -0.39 is 29.6 Å². The Morgan fingerprint density at radius 3 is 2.61 bits per heavy atom. The summed E-state index contributed by atoms with van der Waals surface area (Å²) in [7, 11) is 0. The van der Waals surface area contributed by atoms with Gasteiger partial charge in [-0.2, -0.15) is 13.2 Å². The fraction of sp³-hybridized carbons (Fsp3) is 0.533. The zero-order chi connectivity index (χ0) is 16.8. The van der Waals surface area contributed by atoms with Gasteiger partial charge in [0.05, 0.1) is 0 Å². The minimum Gasteiger partial charge on any atom is -0.439 e. The molecule has 0 amide bonds. The van der Waals surface area contributed by atoms with Gasteiger partial charge in [-0.1, -0.05) is 17.7 Å². The van der Waals surface area contributed by atoms with Gasteiger partial charge in [-0.25, -0.2) is 9.18 Å². The van der Waals surface area contributed by atoms with Crippen LogP contribution in [0.1, 0.15) is 18.4 Å². The van der Waals surface area contributed by atoms with Crippen LogP contribution in [0, 0.1) is 17.2 Å². The van der Waals surface area contributed by atoms with Gasteiger partial charge in [0.15, 0.2) is 6.23 Å². The third kappa shape index (κ3) is 3.17. The van der Waals surface area contributed by atoms with Crippen molar-refractivity contribution in [3.8, 4) is 0 Å². The van der Waals surface area contributed by atoms with Gasteiger partial charge in [-0.05, 0) is 42.9 Å². The number of ether oxygens (including phenoxy) is 1. The Bertz CT molecular complexity index is 628. The monoisotopic (exact) mass is 351 g/mol. The smallest absolute Gasteiger partial charge is 0.439 e. The van der Waals surface area contributed by atoms with Crippen LogP contribution >= 0.6 is 11.6 Å². The second-order valence-corrected chi connectivity index (χ2v) is 6.65. The van der Waals surface area contributed by atoms with Gasteiger partial charge in [-0.15, -0.1) is 0 Å². The summed E-state index contributed by atoms with van der Waals surface area (Å²) in [5.41, 5.74) is 0.391. The number of carbonyl (C=O) groups is 1. The molecule has 3 rings (SSSR count). The Labute approximate surface area is 134 Å². The van der Waals surface area contributed by atoms with Gasteiger partial charge in [0.25, 0.3) is 0 Å². The van der Waals surface area contributed by atoms with Gasteiger partial charge in [-0.3, -0.25) is 5.32 Å². The molecule has 0 bridgehead atoms. The molecule has 1 N–H and O–H groups in total. The number of benzene rings is 1. The van der Waals surface area contributed by atoms with Crippen LogP contribution in [0.2, 0.25) is 5.02 Å². The molecule has 1 spiro atoms. The summed E-state index contributed by atoms with van der Waals surface area (Å²) in [6.07, 6.45) is -3.96. The minimum absolute atomic E-state index is 0.229. The number of hydrogen-bond donors (Lipinski definition) is 1. The highest BCUT2D eigenvalue weighted by atomic mass is 35.5. The summed E-state index contributed by atoms with van der Waals surface area (Å²) in [5.74, 6) is -2.35. The van der Waals surface area contributed by atoms with Crippen molar-refractivity contribution in [1.29, 1.82) is 0 Å².